The van der Waals surface area contributed by atoms with Crippen molar-refractivity contribution in [1.29, 1.82) is 0 Å². The van der Waals surface area contributed by atoms with Gasteiger partial charge in [-0.05, 0) is 6.42 Å². The van der Waals surface area contributed by atoms with Gasteiger partial charge in [-0.2, -0.15) is 9.61 Å². The monoisotopic (exact) mass is 239 g/mol. The van der Waals surface area contributed by atoms with Crippen molar-refractivity contribution in [3.05, 3.63) is 27.6 Å². The fourth-order valence-electron chi connectivity index (χ4n) is 1.13. The van der Waals surface area contributed by atoms with Crippen molar-refractivity contribution >= 4 is 22.3 Å². The number of fused-ring (bicyclic) bond motifs is 1. The van der Waals surface area contributed by atoms with Gasteiger partial charge in [0.15, 0.2) is 5.69 Å². The van der Waals surface area contributed by atoms with E-state index in [0.717, 1.165) is 17.0 Å². The van der Waals surface area contributed by atoms with E-state index in [1.54, 1.807) is 0 Å². The molecule has 0 aromatic carbocycles. The second kappa shape index (κ2) is 4.40. The number of hydrogen-bond donors (Lipinski definition) is 0. The van der Waals surface area contributed by atoms with E-state index < -0.39 is 5.97 Å². The molecule has 0 aliphatic rings. The third-order valence-corrected chi connectivity index (χ3v) is 2.51. The molecule has 2 aromatic heterocycles. The van der Waals surface area contributed by atoms with Gasteiger partial charge < -0.3 is 4.74 Å². The Bertz CT molecular complexity index is 575. The van der Waals surface area contributed by atoms with Crippen LogP contribution in [-0.4, -0.2) is 27.2 Å². The third kappa shape index (κ3) is 1.94. The highest BCUT2D eigenvalue weighted by molar-refractivity contribution is 7.14. The van der Waals surface area contributed by atoms with Crippen LogP contribution in [0.3, 0.4) is 0 Å². The summed E-state index contributed by atoms with van der Waals surface area (Å²) >= 11 is 1.19. The molecule has 0 atom stereocenters. The minimum absolute atomic E-state index is 0.0303. The highest BCUT2D eigenvalue weighted by Crippen LogP contribution is 2.04. The normalized spacial score (nSPS) is 10.6. The number of nitrogens with zero attached hydrogens (tertiary/aromatic N) is 3. The summed E-state index contributed by atoms with van der Waals surface area (Å²) in [5.41, 5.74) is 1.14. The first-order valence-corrected chi connectivity index (χ1v) is 5.61. The van der Waals surface area contributed by atoms with Crippen molar-refractivity contribution < 1.29 is 9.53 Å². The Labute approximate surface area is 94.5 Å². The Morgan fingerprint density at radius 3 is 3.19 bits per heavy atom. The molecule has 0 spiro atoms. The van der Waals surface area contributed by atoms with Gasteiger partial charge in [0.2, 0.25) is 4.96 Å². The molecular formula is C9H9N3O3S. The van der Waals surface area contributed by atoms with Crippen LogP contribution in [0.1, 0.15) is 23.8 Å². The minimum atomic E-state index is -0.574. The van der Waals surface area contributed by atoms with E-state index in [-0.39, 0.29) is 11.3 Å². The summed E-state index contributed by atoms with van der Waals surface area (Å²) in [7, 11) is 0. The summed E-state index contributed by atoms with van der Waals surface area (Å²) in [6, 6.07) is 1.13. The van der Waals surface area contributed by atoms with E-state index in [9.17, 15) is 9.59 Å². The fourth-order valence-corrected chi connectivity index (χ4v) is 1.75. The molecule has 0 amide bonds. The molecule has 0 aliphatic carbocycles. The van der Waals surface area contributed by atoms with Gasteiger partial charge in [-0.15, -0.1) is 0 Å². The lowest BCUT2D eigenvalue weighted by Gasteiger charge is -2.01. The lowest BCUT2D eigenvalue weighted by Crippen LogP contribution is -2.18. The topological polar surface area (TPSA) is 73.6 Å². The average molecular weight is 239 g/mol. The number of hydrogen-bond acceptors (Lipinski definition) is 6. The van der Waals surface area contributed by atoms with Gasteiger partial charge in [-0.3, -0.25) is 4.79 Å². The van der Waals surface area contributed by atoms with Crippen LogP contribution in [0.5, 0.6) is 0 Å². The predicted octanol–water partition coefficient (Wildman–Crippen LogP) is 0.718. The zero-order valence-corrected chi connectivity index (χ0v) is 9.36. The molecule has 0 N–H and O–H groups in total. The maximum atomic E-state index is 11.5. The van der Waals surface area contributed by atoms with Gasteiger partial charge in [-0.25, -0.2) is 9.78 Å². The standard InChI is InChI=1S/C9H9N3O3S/c1-2-3-15-8(14)6-4-7(13)12-9(11-6)16-5-10-12/h4-5H,2-3H2,1H3. The molecule has 0 bridgehead atoms. The van der Waals surface area contributed by atoms with Crippen LogP contribution in [0.25, 0.3) is 4.96 Å². The molecule has 2 aromatic rings. The van der Waals surface area contributed by atoms with Gasteiger partial charge in [-0.1, -0.05) is 18.3 Å². The maximum absolute atomic E-state index is 11.5. The highest BCUT2D eigenvalue weighted by atomic mass is 32.1. The summed E-state index contributed by atoms with van der Waals surface area (Å²) < 4.78 is 6.03. The van der Waals surface area contributed by atoms with Crippen molar-refractivity contribution in [3.63, 3.8) is 0 Å². The molecule has 0 saturated carbocycles. The average Bonchev–Trinajstić information content (AvgIpc) is 2.74. The quantitative estimate of drug-likeness (QED) is 0.738. The molecule has 0 radical (unpaired) electrons. The Morgan fingerprint density at radius 2 is 2.44 bits per heavy atom. The van der Waals surface area contributed by atoms with Gasteiger partial charge in [0.05, 0.1) is 6.61 Å². The van der Waals surface area contributed by atoms with Gasteiger partial charge in [0.1, 0.15) is 5.51 Å². The zero-order chi connectivity index (χ0) is 11.5. The van der Waals surface area contributed by atoms with Crippen molar-refractivity contribution in [1.82, 2.24) is 14.6 Å². The molecule has 16 heavy (non-hydrogen) atoms. The molecule has 0 fully saturated rings. The lowest BCUT2D eigenvalue weighted by atomic mass is 10.4. The first-order chi connectivity index (χ1) is 7.72. The van der Waals surface area contributed by atoms with E-state index >= 15 is 0 Å². The maximum Gasteiger partial charge on any atom is 0.357 e. The first kappa shape index (κ1) is 10.7. The van der Waals surface area contributed by atoms with E-state index in [1.165, 1.54) is 16.8 Å². The molecule has 0 saturated heterocycles. The van der Waals surface area contributed by atoms with Crippen LogP contribution in [0.15, 0.2) is 16.4 Å². The van der Waals surface area contributed by atoms with E-state index in [0.29, 0.717) is 11.6 Å². The van der Waals surface area contributed by atoms with Crippen LogP contribution in [0, 0.1) is 0 Å². The first-order valence-electron chi connectivity index (χ1n) is 4.73. The van der Waals surface area contributed by atoms with Crippen molar-refractivity contribution in [3.8, 4) is 0 Å². The molecule has 2 heterocycles. The van der Waals surface area contributed by atoms with Crippen molar-refractivity contribution in [2.75, 3.05) is 6.61 Å². The predicted molar refractivity (Wildman–Crippen MR) is 57.7 cm³/mol. The second-order valence-electron chi connectivity index (χ2n) is 3.05. The van der Waals surface area contributed by atoms with E-state index in [2.05, 4.69) is 10.1 Å². The molecule has 6 nitrogen and oxygen atoms in total. The van der Waals surface area contributed by atoms with Crippen LogP contribution >= 0.6 is 11.3 Å². The van der Waals surface area contributed by atoms with E-state index in [4.69, 9.17) is 4.74 Å². The van der Waals surface area contributed by atoms with Gasteiger partial charge >= 0.3 is 5.97 Å². The van der Waals surface area contributed by atoms with Crippen molar-refractivity contribution in [2.45, 2.75) is 13.3 Å². The summed E-state index contributed by atoms with van der Waals surface area (Å²) in [6.45, 7) is 2.21. The Balaban J connectivity index is 2.38. The Kier molecular flexibility index (Phi) is 2.95. The summed E-state index contributed by atoms with van der Waals surface area (Å²) in [6.07, 6.45) is 0.730. The third-order valence-electron chi connectivity index (χ3n) is 1.83. The Morgan fingerprint density at radius 1 is 1.62 bits per heavy atom. The number of aromatic nitrogens is 3. The summed E-state index contributed by atoms with van der Waals surface area (Å²) in [4.78, 5) is 27.3. The number of carbonyl (C=O) groups is 1. The largest absolute Gasteiger partial charge is 0.461 e. The second-order valence-corrected chi connectivity index (χ2v) is 3.86. The van der Waals surface area contributed by atoms with Gasteiger partial charge in [0, 0.05) is 6.07 Å². The number of rotatable bonds is 3. The molecule has 0 aliphatic heterocycles. The van der Waals surface area contributed by atoms with Crippen molar-refractivity contribution in [2.24, 2.45) is 0 Å². The van der Waals surface area contributed by atoms with Crippen LogP contribution in [0.2, 0.25) is 0 Å². The molecule has 84 valence electrons. The highest BCUT2D eigenvalue weighted by Gasteiger charge is 2.12. The SMILES string of the molecule is CCCOC(=O)c1cc(=O)n2ncsc2n1. The molecule has 7 heteroatoms. The van der Waals surface area contributed by atoms with Crippen LogP contribution in [-0.2, 0) is 4.74 Å². The zero-order valence-electron chi connectivity index (χ0n) is 8.54. The van der Waals surface area contributed by atoms with Crippen LogP contribution < -0.4 is 5.56 Å². The number of carbonyl (C=O) groups excluding carboxylic acids is 1. The summed E-state index contributed by atoms with van der Waals surface area (Å²) in [5.74, 6) is -0.574. The Hall–Kier alpha value is -1.76. The minimum Gasteiger partial charge on any atom is -0.461 e. The van der Waals surface area contributed by atoms with Gasteiger partial charge in [0.25, 0.3) is 5.56 Å². The molecular weight excluding hydrogens is 230 g/mol. The smallest absolute Gasteiger partial charge is 0.357 e. The number of ether oxygens (including phenoxy) is 1. The number of esters is 1. The molecule has 2 rings (SSSR count). The van der Waals surface area contributed by atoms with E-state index in [1.807, 2.05) is 6.92 Å². The fraction of sp³-hybridized carbons (Fsp3) is 0.333. The summed E-state index contributed by atoms with van der Waals surface area (Å²) in [5, 5.41) is 3.79. The lowest BCUT2D eigenvalue weighted by molar-refractivity contribution is 0.0498. The van der Waals surface area contributed by atoms with Crippen LogP contribution in [0.4, 0.5) is 0 Å². The molecule has 0 unspecified atom stereocenters.